The van der Waals surface area contributed by atoms with Crippen LogP contribution in [0.1, 0.15) is 16.1 Å². The maximum atomic E-state index is 12.4. The largest absolute Gasteiger partial charge is 0.471 e. The molecule has 122 valence electrons. The third-order valence-corrected chi connectivity index (χ3v) is 3.14. The molecule has 0 saturated heterocycles. The normalized spacial score (nSPS) is 11.2. The van der Waals surface area contributed by atoms with Crippen LogP contribution in [-0.2, 0) is 4.79 Å². The van der Waals surface area contributed by atoms with Crippen molar-refractivity contribution in [2.45, 2.75) is 13.1 Å². The van der Waals surface area contributed by atoms with Gasteiger partial charge in [0.1, 0.15) is 0 Å². The summed E-state index contributed by atoms with van der Waals surface area (Å²) in [6, 6.07) is 7.15. The van der Waals surface area contributed by atoms with Crippen molar-refractivity contribution in [1.29, 1.82) is 0 Å². The molecule has 2 amide bonds. The van der Waals surface area contributed by atoms with E-state index in [1.807, 2.05) is 0 Å². The minimum atomic E-state index is -4.95. The predicted octanol–water partition coefficient (Wildman–Crippen LogP) is 3.37. The van der Waals surface area contributed by atoms with Gasteiger partial charge in [-0.05, 0) is 42.8 Å². The fourth-order valence-corrected chi connectivity index (χ4v) is 1.90. The van der Waals surface area contributed by atoms with Crippen LogP contribution in [-0.4, -0.2) is 25.0 Å². The number of halogens is 3. The van der Waals surface area contributed by atoms with Gasteiger partial charge in [-0.25, -0.2) is 0 Å². The molecule has 1 aromatic heterocycles. The van der Waals surface area contributed by atoms with Crippen molar-refractivity contribution in [3.63, 3.8) is 0 Å². The summed E-state index contributed by atoms with van der Waals surface area (Å²) in [6.07, 6.45) is -3.60. The van der Waals surface area contributed by atoms with Gasteiger partial charge in [-0.2, -0.15) is 13.2 Å². The van der Waals surface area contributed by atoms with Gasteiger partial charge in [0.25, 0.3) is 5.91 Å². The molecule has 2 aromatic rings. The smallest absolute Gasteiger partial charge is 0.459 e. The Hall–Kier alpha value is -2.77. The van der Waals surface area contributed by atoms with Crippen LogP contribution in [0.4, 0.5) is 24.5 Å². The second-order valence-electron chi connectivity index (χ2n) is 4.79. The van der Waals surface area contributed by atoms with Crippen molar-refractivity contribution in [1.82, 2.24) is 0 Å². The molecule has 0 aliphatic rings. The number of nitrogens with zero attached hydrogens (tertiary/aromatic N) is 1. The molecule has 5 nitrogen and oxygen atoms in total. The third-order valence-electron chi connectivity index (χ3n) is 3.14. The molecular formula is C15H13F3N2O3. The van der Waals surface area contributed by atoms with Crippen molar-refractivity contribution in [2.24, 2.45) is 0 Å². The van der Waals surface area contributed by atoms with Crippen LogP contribution in [0.2, 0.25) is 0 Å². The monoisotopic (exact) mass is 326 g/mol. The van der Waals surface area contributed by atoms with Gasteiger partial charge in [-0.1, -0.05) is 0 Å². The summed E-state index contributed by atoms with van der Waals surface area (Å²) < 4.78 is 42.3. The maximum absolute atomic E-state index is 12.4. The second kappa shape index (κ2) is 6.15. The van der Waals surface area contributed by atoms with Gasteiger partial charge in [0, 0.05) is 18.4 Å². The van der Waals surface area contributed by atoms with Gasteiger partial charge >= 0.3 is 12.1 Å². The van der Waals surface area contributed by atoms with Crippen LogP contribution in [0.15, 0.2) is 41.0 Å². The maximum Gasteiger partial charge on any atom is 0.471 e. The Morgan fingerprint density at radius 2 is 1.91 bits per heavy atom. The number of hydrogen-bond acceptors (Lipinski definition) is 3. The molecule has 0 aliphatic carbocycles. The lowest BCUT2D eigenvalue weighted by Crippen LogP contribution is -2.38. The number of rotatable bonds is 3. The molecular weight excluding hydrogens is 313 g/mol. The van der Waals surface area contributed by atoms with Crippen LogP contribution in [0.3, 0.4) is 0 Å². The van der Waals surface area contributed by atoms with Gasteiger partial charge < -0.3 is 14.6 Å². The Kier molecular flexibility index (Phi) is 4.44. The van der Waals surface area contributed by atoms with E-state index < -0.39 is 18.0 Å². The van der Waals surface area contributed by atoms with E-state index in [0.29, 0.717) is 16.2 Å². The van der Waals surface area contributed by atoms with Gasteiger partial charge in [-0.15, -0.1) is 0 Å². The van der Waals surface area contributed by atoms with Crippen molar-refractivity contribution in [3.05, 3.63) is 47.9 Å². The molecule has 2 rings (SSSR count). The highest BCUT2D eigenvalue weighted by Gasteiger charge is 2.41. The zero-order valence-electron chi connectivity index (χ0n) is 12.3. The number of alkyl halides is 3. The highest BCUT2D eigenvalue weighted by molar-refractivity contribution is 6.03. The molecule has 0 fully saturated rings. The standard InChI is InChI=1S/C15H13F3N2O3/c1-9-8-10(20(2)14(22)15(16,17)18)5-6-11(9)19-13(21)12-4-3-7-23-12/h3-8H,1-2H3,(H,19,21). The molecule has 0 atom stereocenters. The summed E-state index contributed by atoms with van der Waals surface area (Å²) in [5.41, 5.74) is 0.980. The Bertz CT molecular complexity index is 724. The fourth-order valence-electron chi connectivity index (χ4n) is 1.90. The van der Waals surface area contributed by atoms with E-state index in [2.05, 4.69) is 5.32 Å². The van der Waals surface area contributed by atoms with Gasteiger partial charge in [-0.3, -0.25) is 9.59 Å². The molecule has 1 aromatic carbocycles. The van der Waals surface area contributed by atoms with Crippen LogP contribution < -0.4 is 10.2 Å². The molecule has 0 unspecified atom stereocenters. The zero-order valence-corrected chi connectivity index (χ0v) is 12.3. The number of carbonyl (C=O) groups excluding carboxylic acids is 2. The van der Waals surface area contributed by atoms with E-state index in [1.54, 1.807) is 13.0 Å². The van der Waals surface area contributed by atoms with Crippen molar-refractivity contribution in [2.75, 3.05) is 17.3 Å². The fraction of sp³-hybridized carbons (Fsp3) is 0.200. The number of aryl methyl sites for hydroxylation is 1. The average Bonchev–Trinajstić information content (AvgIpc) is 3.01. The van der Waals surface area contributed by atoms with Crippen LogP contribution >= 0.6 is 0 Å². The number of nitrogens with one attached hydrogen (secondary N) is 1. The first-order valence-corrected chi connectivity index (χ1v) is 6.50. The summed E-state index contributed by atoms with van der Waals surface area (Å²) in [5, 5.41) is 2.58. The molecule has 0 saturated carbocycles. The number of carbonyl (C=O) groups is 2. The minimum absolute atomic E-state index is 0.0702. The van der Waals surface area contributed by atoms with Gasteiger partial charge in [0.05, 0.1) is 6.26 Å². The Morgan fingerprint density at radius 1 is 1.22 bits per heavy atom. The number of benzene rings is 1. The van der Waals surface area contributed by atoms with Gasteiger partial charge in [0.15, 0.2) is 5.76 Å². The molecule has 0 bridgehead atoms. The van der Waals surface area contributed by atoms with Crippen LogP contribution in [0, 0.1) is 6.92 Å². The van der Waals surface area contributed by atoms with E-state index in [1.165, 1.54) is 30.5 Å². The summed E-state index contributed by atoms with van der Waals surface area (Å²) in [4.78, 5) is 23.6. The molecule has 1 N–H and O–H groups in total. The first-order valence-electron chi connectivity index (χ1n) is 6.50. The first kappa shape index (κ1) is 16.6. The lowest BCUT2D eigenvalue weighted by Gasteiger charge is -2.20. The summed E-state index contributed by atoms with van der Waals surface area (Å²) in [6.45, 7) is 1.60. The number of amides is 2. The average molecular weight is 326 g/mol. The SMILES string of the molecule is Cc1cc(N(C)C(=O)C(F)(F)F)ccc1NC(=O)c1ccco1. The highest BCUT2D eigenvalue weighted by Crippen LogP contribution is 2.26. The Morgan fingerprint density at radius 3 is 2.43 bits per heavy atom. The molecule has 0 aliphatic heterocycles. The number of hydrogen-bond donors (Lipinski definition) is 1. The minimum Gasteiger partial charge on any atom is -0.459 e. The van der Waals surface area contributed by atoms with E-state index >= 15 is 0 Å². The zero-order chi connectivity index (χ0) is 17.2. The summed E-state index contributed by atoms with van der Waals surface area (Å²) >= 11 is 0. The Balaban J connectivity index is 2.18. The van der Waals surface area contributed by atoms with Crippen molar-refractivity contribution >= 4 is 23.2 Å². The number of anilines is 2. The van der Waals surface area contributed by atoms with Crippen molar-refractivity contribution in [3.8, 4) is 0 Å². The number of furan rings is 1. The lowest BCUT2D eigenvalue weighted by molar-refractivity contribution is -0.170. The third kappa shape index (κ3) is 3.71. The molecule has 1 heterocycles. The van der Waals surface area contributed by atoms with E-state index in [9.17, 15) is 22.8 Å². The van der Waals surface area contributed by atoms with Crippen LogP contribution in [0.5, 0.6) is 0 Å². The molecule has 0 radical (unpaired) electrons. The second-order valence-corrected chi connectivity index (χ2v) is 4.79. The first-order chi connectivity index (χ1) is 10.7. The molecule has 23 heavy (non-hydrogen) atoms. The van der Waals surface area contributed by atoms with E-state index in [-0.39, 0.29) is 11.4 Å². The van der Waals surface area contributed by atoms with E-state index in [0.717, 1.165) is 7.05 Å². The quantitative estimate of drug-likeness (QED) is 0.941. The highest BCUT2D eigenvalue weighted by atomic mass is 19.4. The Labute approximate surface area is 129 Å². The summed E-state index contributed by atoms with van der Waals surface area (Å²) in [7, 11) is 1.03. The predicted molar refractivity (Wildman–Crippen MR) is 77.3 cm³/mol. The van der Waals surface area contributed by atoms with Crippen LogP contribution in [0.25, 0.3) is 0 Å². The van der Waals surface area contributed by atoms with Gasteiger partial charge in [0.2, 0.25) is 0 Å². The topological polar surface area (TPSA) is 62.6 Å². The molecule has 8 heteroatoms. The summed E-state index contributed by atoms with van der Waals surface area (Å²) in [5.74, 6) is -2.34. The van der Waals surface area contributed by atoms with E-state index in [4.69, 9.17) is 4.42 Å². The molecule has 0 spiro atoms. The lowest BCUT2D eigenvalue weighted by atomic mass is 10.1. The van der Waals surface area contributed by atoms with Crippen molar-refractivity contribution < 1.29 is 27.2 Å².